The van der Waals surface area contributed by atoms with Gasteiger partial charge in [-0.05, 0) is 19.9 Å². The lowest BCUT2D eigenvalue weighted by molar-refractivity contribution is -0.274. The Morgan fingerprint density at radius 2 is 1.74 bits per heavy atom. The van der Waals surface area contributed by atoms with Gasteiger partial charge in [-0.25, -0.2) is 0 Å². The van der Waals surface area contributed by atoms with E-state index in [4.69, 9.17) is 14.2 Å². The second-order valence-electron chi connectivity index (χ2n) is 4.47. The number of para-hydroxylation sites is 1. The van der Waals surface area contributed by atoms with Crippen LogP contribution >= 0.6 is 0 Å². The third kappa shape index (κ3) is 6.92. The SMILES string of the molecule is CCOC(CC(=COC)c1ccccc1OC(F)(F)F)OCC. The first kappa shape index (κ1) is 19.3. The lowest BCUT2D eigenvalue weighted by Gasteiger charge is -2.20. The number of hydrogen-bond donors (Lipinski definition) is 0. The summed E-state index contributed by atoms with van der Waals surface area (Å²) in [6.45, 7) is 4.47. The van der Waals surface area contributed by atoms with Crippen molar-refractivity contribution in [3.63, 3.8) is 0 Å². The quantitative estimate of drug-likeness (QED) is 0.497. The van der Waals surface area contributed by atoms with Crippen LogP contribution in [0.4, 0.5) is 13.2 Å². The number of benzene rings is 1. The summed E-state index contributed by atoms with van der Waals surface area (Å²) in [5.41, 5.74) is 0.760. The van der Waals surface area contributed by atoms with E-state index in [9.17, 15) is 13.2 Å². The van der Waals surface area contributed by atoms with Gasteiger partial charge in [0.2, 0.25) is 0 Å². The molecule has 0 aliphatic heterocycles. The summed E-state index contributed by atoms with van der Waals surface area (Å²) in [4.78, 5) is 0. The van der Waals surface area contributed by atoms with Crippen molar-refractivity contribution in [3.05, 3.63) is 36.1 Å². The highest BCUT2D eigenvalue weighted by Crippen LogP contribution is 2.33. The van der Waals surface area contributed by atoms with Crippen molar-refractivity contribution < 1.29 is 32.1 Å². The van der Waals surface area contributed by atoms with E-state index < -0.39 is 12.7 Å². The Hall–Kier alpha value is -1.73. The van der Waals surface area contributed by atoms with Gasteiger partial charge in [-0.15, -0.1) is 13.2 Å². The van der Waals surface area contributed by atoms with Crippen molar-refractivity contribution >= 4 is 5.57 Å². The number of methoxy groups -OCH3 is 1. The lowest BCUT2D eigenvalue weighted by atomic mass is 10.0. The largest absolute Gasteiger partial charge is 0.573 e. The van der Waals surface area contributed by atoms with Crippen molar-refractivity contribution in [3.8, 4) is 5.75 Å². The van der Waals surface area contributed by atoms with E-state index in [2.05, 4.69) is 4.74 Å². The second kappa shape index (κ2) is 9.42. The van der Waals surface area contributed by atoms with Crippen LogP contribution in [0.3, 0.4) is 0 Å². The van der Waals surface area contributed by atoms with Gasteiger partial charge < -0.3 is 18.9 Å². The summed E-state index contributed by atoms with van der Waals surface area (Å²) < 4.78 is 57.6. The molecular weight excluding hydrogens is 313 g/mol. The van der Waals surface area contributed by atoms with Crippen LogP contribution < -0.4 is 4.74 Å². The maximum Gasteiger partial charge on any atom is 0.573 e. The minimum atomic E-state index is -4.77. The highest BCUT2D eigenvalue weighted by atomic mass is 19.4. The molecule has 0 aromatic heterocycles. The molecule has 0 bridgehead atoms. The summed E-state index contributed by atoms with van der Waals surface area (Å²) in [6, 6.07) is 5.87. The zero-order valence-corrected chi connectivity index (χ0v) is 13.4. The molecule has 1 aromatic carbocycles. The van der Waals surface area contributed by atoms with Crippen molar-refractivity contribution in [2.45, 2.75) is 32.9 Å². The van der Waals surface area contributed by atoms with Crippen molar-refractivity contribution in [1.29, 1.82) is 0 Å². The molecule has 4 nitrogen and oxygen atoms in total. The third-order valence-electron chi connectivity index (χ3n) is 2.81. The summed E-state index contributed by atoms with van der Waals surface area (Å²) in [5.74, 6) is -0.296. The molecule has 23 heavy (non-hydrogen) atoms. The van der Waals surface area contributed by atoms with Crippen LogP contribution in [-0.2, 0) is 14.2 Å². The van der Waals surface area contributed by atoms with Gasteiger partial charge in [0.15, 0.2) is 6.29 Å². The standard InChI is InChI=1S/C16H21F3O4/c1-4-21-15(22-5-2)10-12(11-20-3)13-8-6-7-9-14(13)23-16(17,18)19/h6-9,11,15H,4-5,10H2,1-3H3. The smallest absolute Gasteiger partial charge is 0.504 e. The lowest BCUT2D eigenvalue weighted by Crippen LogP contribution is -2.20. The van der Waals surface area contributed by atoms with Crippen molar-refractivity contribution in [2.75, 3.05) is 20.3 Å². The maximum absolute atomic E-state index is 12.6. The highest BCUT2D eigenvalue weighted by molar-refractivity contribution is 5.70. The Kier molecular flexibility index (Phi) is 7.91. The first-order chi connectivity index (χ1) is 10.9. The average molecular weight is 334 g/mol. The molecule has 0 atom stereocenters. The molecule has 0 N–H and O–H groups in total. The van der Waals surface area contributed by atoms with E-state index >= 15 is 0 Å². The predicted molar refractivity (Wildman–Crippen MR) is 79.8 cm³/mol. The number of alkyl halides is 3. The van der Waals surface area contributed by atoms with Crippen LogP contribution in [0.2, 0.25) is 0 Å². The molecule has 0 amide bonds. The monoisotopic (exact) mass is 334 g/mol. The fraction of sp³-hybridized carbons (Fsp3) is 0.500. The van der Waals surface area contributed by atoms with Crippen molar-refractivity contribution in [2.24, 2.45) is 0 Å². The molecule has 0 aliphatic rings. The molecule has 0 aliphatic carbocycles. The van der Waals surface area contributed by atoms with Gasteiger partial charge in [0.1, 0.15) is 5.75 Å². The zero-order chi connectivity index (χ0) is 17.3. The summed E-state index contributed by atoms with van der Waals surface area (Å²) in [7, 11) is 1.42. The Morgan fingerprint density at radius 1 is 1.13 bits per heavy atom. The van der Waals surface area contributed by atoms with Crippen LogP contribution in [-0.4, -0.2) is 33.0 Å². The molecule has 0 saturated heterocycles. The van der Waals surface area contributed by atoms with Crippen LogP contribution in [0.25, 0.3) is 5.57 Å². The molecule has 1 aromatic rings. The van der Waals surface area contributed by atoms with Gasteiger partial charge in [0.05, 0.1) is 13.4 Å². The number of halogens is 3. The van der Waals surface area contributed by atoms with E-state index in [0.29, 0.717) is 18.8 Å². The van der Waals surface area contributed by atoms with Crippen LogP contribution in [0.5, 0.6) is 5.75 Å². The molecule has 0 saturated carbocycles. The topological polar surface area (TPSA) is 36.9 Å². The molecular formula is C16H21F3O4. The minimum absolute atomic E-state index is 0.230. The average Bonchev–Trinajstić information content (AvgIpc) is 2.46. The molecule has 0 fully saturated rings. The van der Waals surface area contributed by atoms with Crippen molar-refractivity contribution in [1.82, 2.24) is 0 Å². The Balaban J connectivity index is 3.08. The first-order valence-corrected chi connectivity index (χ1v) is 7.21. The normalized spacial score (nSPS) is 12.6. The summed E-state index contributed by atoms with van der Waals surface area (Å²) >= 11 is 0. The Morgan fingerprint density at radius 3 is 2.26 bits per heavy atom. The van der Waals surface area contributed by atoms with Gasteiger partial charge in [0, 0.05) is 30.8 Å². The van der Waals surface area contributed by atoms with Gasteiger partial charge in [-0.2, -0.15) is 0 Å². The first-order valence-electron chi connectivity index (χ1n) is 7.21. The van der Waals surface area contributed by atoms with Gasteiger partial charge >= 0.3 is 6.36 Å². The van der Waals surface area contributed by atoms with E-state index in [0.717, 1.165) is 0 Å². The Labute approximate surface area is 133 Å². The predicted octanol–water partition coefficient (Wildman–Crippen LogP) is 4.36. The molecule has 0 radical (unpaired) electrons. The summed E-state index contributed by atoms with van der Waals surface area (Å²) in [6.07, 6.45) is -3.75. The molecule has 130 valence electrons. The number of hydrogen-bond acceptors (Lipinski definition) is 4. The highest BCUT2D eigenvalue weighted by Gasteiger charge is 2.32. The molecule has 0 unspecified atom stereocenters. The van der Waals surface area contributed by atoms with Gasteiger partial charge in [-0.1, -0.05) is 18.2 Å². The zero-order valence-electron chi connectivity index (χ0n) is 13.4. The van der Waals surface area contributed by atoms with E-state index in [-0.39, 0.29) is 17.7 Å². The number of ether oxygens (including phenoxy) is 4. The second-order valence-corrected chi connectivity index (χ2v) is 4.47. The fourth-order valence-corrected chi connectivity index (χ4v) is 2.03. The van der Waals surface area contributed by atoms with E-state index in [1.165, 1.54) is 31.6 Å². The summed E-state index contributed by atoms with van der Waals surface area (Å²) in [5, 5.41) is 0. The van der Waals surface area contributed by atoms with Crippen LogP contribution in [0, 0.1) is 0 Å². The fourth-order valence-electron chi connectivity index (χ4n) is 2.03. The van der Waals surface area contributed by atoms with E-state index in [1.807, 2.05) is 13.8 Å². The van der Waals surface area contributed by atoms with Gasteiger partial charge in [-0.3, -0.25) is 0 Å². The maximum atomic E-state index is 12.6. The Bertz CT molecular complexity index is 494. The third-order valence-corrected chi connectivity index (χ3v) is 2.81. The minimum Gasteiger partial charge on any atom is -0.504 e. The van der Waals surface area contributed by atoms with Crippen LogP contribution in [0.15, 0.2) is 30.5 Å². The van der Waals surface area contributed by atoms with Gasteiger partial charge in [0.25, 0.3) is 0 Å². The van der Waals surface area contributed by atoms with E-state index in [1.54, 1.807) is 6.07 Å². The molecule has 0 heterocycles. The number of rotatable bonds is 9. The molecule has 7 heteroatoms. The van der Waals surface area contributed by atoms with Crippen LogP contribution in [0.1, 0.15) is 25.8 Å². The molecule has 1 rings (SSSR count). The molecule has 0 spiro atoms.